The molecule has 0 aliphatic heterocycles. The van der Waals surface area contributed by atoms with Crippen LogP contribution in [0, 0.1) is 11.6 Å². The second-order valence-electron chi connectivity index (χ2n) is 8.80. The van der Waals surface area contributed by atoms with Crippen molar-refractivity contribution < 1.29 is 18.3 Å². The van der Waals surface area contributed by atoms with Gasteiger partial charge in [0.25, 0.3) is 0 Å². The standard InChI is InChI=1S/C22H23BrF2N4O2/c1-22(2,3)31-21(30)27-16(8-11-6-13(24)9-14(25)7-11)18-15(23)10-17-20(28-18)29-19(26-17)12-4-5-12/h6-7,9-10,12,16H,4-5,8H2,1-3H3,(H,27,30)(H,26,28,29)/t16-/m0/s1. The number of pyridine rings is 1. The lowest BCUT2D eigenvalue weighted by Gasteiger charge is -2.24. The minimum atomic E-state index is -0.699. The first-order valence-electron chi connectivity index (χ1n) is 10.1. The Morgan fingerprint density at radius 3 is 2.52 bits per heavy atom. The summed E-state index contributed by atoms with van der Waals surface area (Å²) in [7, 11) is 0. The highest BCUT2D eigenvalue weighted by Crippen LogP contribution is 2.39. The number of aromatic nitrogens is 3. The first-order chi connectivity index (χ1) is 14.6. The van der Waals surface area contributed by atoms with Crippen LogP contribution in [0.5, 0.6) is 0 Å². The van der Waals surface area contributed by atoms with E-state index >= 15 is 0 Å². The molecule has 4 rings (SSSR count). The van der Waals surface area contributed by atoms with E-state index in [1.165, 1.54) is 12.1 Å². The maximum Gasteiger partial charge on any atom is 0.408 e. The molecule has 1 aromatic carbocycles. The van der Waals surface area contributed by atoms with E-state index in [2.05, 4.69) is 36.2 Å². The van der Waals surface area contributed by atoms with Gasteiger partial charge in [-0.15, -0.1) is 0 Å². The Hall–Kier alpha value is -2.55. The van der Waals surface area contributed by atoms with Crippen LogP contribution in [0.25, 0.3) is 11.2 Å². The molecule has 1 aliphatic carbocycles. The van der Waals surface area contributed by atoms with Crippen molar-refractivity contribution in [1.29, 1.82) is 0 Å². The predicted octanol–water partition coefficient (Wildman–Crippen LogP) is 5.68. The lowest BCUT2D eigenvalue weighted by molar-refractivity contribution is 0.0502. The number of amides is 1. The summed E-state index contributed by atoms with van der Waals surface area (Å²) in [5.74, 6) is -0.0393. The van der Waals surface area contributed by atoms with E-state index in [1.807, 2.05) is 6.07 Å². The molecular weight excluding hydrogens is 470 g/mol. The minimum absolute atomic E-state index is 0.116. The van der Waals surface area contributed by atoms with Gasteiger partial charge in [-0.25, -0.2) is 23.5 Å². The summed E-state index contributed by atoms with van der Waals surface area (Å²) in [4.78, 5) is 25.0. The van der Waals surface area contributed by atoms with Gasteiger partial charge in [-0.05, 0) is 79.7 Å². The third-order valence-electron chi connectivity index (χ3n) is 4.82. The SMILES string of the molecule is CC(C)(C)OC(=O)N[C@@H](Cc1cc(F)cc(F)c1)c1nc2nc(C3CC3)[nH]c2cc1Br. The topological polar surface area (TPSA) is 79.9 Å². The molecule has 0 bridgehead atoms. The van der Waals surface area contributed by atoms with Crippen LogP contribution in [0.15, 0.2) is 28.7 Å². The van der Waals surface area contributed by atoms with Crippen LogP contribution in [0.2, 0.25) is 0 Å². The van der Waals surface area contributed by atoms with Crippen molar-refractivity contribution in [3.8, 4) is 0 Å². The Bertz CT molecular complexity index is 1120. The van der Waals surface area contributed by atoms with Gasteiger partial charge >= 0.3 is 6.09 Å². The van der Waals surface area contributed by atoms with Crippen LogP contribution in [0.1, 0.15) is 62.7 Å². The number of fused-ring (bicyclic) bond motifs is 1. The smallest absolute Gasteiger partial charge is 0.408 e. The normalized spacial score (nSPS) is 15.2. The molecule has 9 heteroatoms. The Labute approximate surface area is 186 Å². The molecule has 0 unspecified atom stereocenters. The minimum Gasteiger partial charge on any atom is -0.444 e. The van der Waals surface area contributed by atoms with Crippen LogP contribution in [0.4, 0.5) is 13.6 Å². The van der Waals surface area contributed by atoms with Crippen molar-refractivity contribution in [2.45, 2.75) is 57.6 Å². The Morgan fingerprint density at radius 2 is 1.90 bits per heavy atom. The van der Waals surface area contributed by atoms with E-state index in [9.17, 15) is 13.6 Å². The zero-order valence-corrected chi connectivity index (χ0v) is 19.0. The van der Waals surface area contributed by atoms with Gasteiger partial charge < -0.3 is 15.0 Å². The summed E-state index contributed by atoms with van der Waals surface area (Å²) in [5.41, 5.74) is 1.49. The zero-order chi connectivity index (χ0) is 22.3. The molecular formula is C22H23BrF2N4O2. The molecule has 2 N–H and O–H groups in total. The number of benzene rings is 1. The number of nitrogens with one attached hydrogen (secondary N) is 2. The van der Waals surface area contributed by atoms with Gasteiger partial charge in [0.05, 0.1) is 17.3 Å². The average molecular weight is 493 g/mol. The van der Waals surface area contributed by atoms with Crippen molar-refractivity contribution in [2.75, 3.05) is 0 Å². The number of nitrogens with zero attached hydrogens (tertiary/aromatic N) is 2. The molecule has 1 fully saturated rings. The molecule has 0 saturated heterocycles. The number of H-pyrrole nitrogens is 1. The van der Waals surface area contributed by atoms with Crippen LogP contribution in [0.3, 0.4) is 0 Å². The van der Waals surface area contributed by atoms with Gasteiger partial charge in [-0.3, -0.25) is 0 Å². The van der Waals surface area contributed by atoms with E-state index in [-0.39, 0.29) is 6.42 Å². The lowest BCUT2D eigenvalue weighted by atomic mass is 10.0. The number of hydrogen-bond donors (Lipinski definition) is 2. The molecule has 0 radical (unpaired) electrons. The summed E-state index contributed by atoms with van der Waals surface area (Å²) in [6.45, 7) is 5.27. The third kappa shape index (κ3) is 5.39. The monoisotopic (exact) mass is 492 g/mol. The molecule has 164 valence electrons. The molecule has 1 amide bonds. The Kier molecular flexibility index (Phi) is 5.72. The summed E-state index contributed by atoms with van der Waals surface area (Å²) < 4.78 is 33.5. The molecule has 1 saturated carbocycles. The Morgan fingerprint density at radius 1 is 1.23 bits per heavy atom. The summed E-state index contributed by atoms with van der Waals surface area (Å²) in [6.07, 6.45) is 1.66. The first kappa shape index (κ1) is 21.7. The molecule has 2 aromatic heterocycles. The molecule has 1 aliphatic rings. The van der Waals surface area contributed by atoms with Crippen molar-refractivity contribution in [3.05, 3.63) is 57.5 Å². The fraction of sp³-hybridized carbons (Fsp3) is 0.409. The number of rotatable bonds is 5. The summed E-state index contributed by atoms with van der Waals surface area (Å²) in [6, 6.07) is 4.43. The lowest BCUT2D eigenvalue weighted by Crippen LogP contribution is -2.36. The number of hydrogen-bond acceptors (Lipinski definition) is 4. The quantitative estimate of drug-likeness (QED) is 0.479. The first-order valence-corrected chi connectivity index (χ1v) is 10.9. The van der Waals surface area contributed by atoms with Crippen molar-refractivity contribution in [3.63, 3.8) is 0 Å². The molecule has 3 aromatic rings. The number of halogens is 3. The van der Waals surface area contributed by atoms with E-state index in [0.717, 1.165) is 30.2 Å². The van der Waals surface area contributed by atoms with Crippen LogP contribution < -0.4 is 5.32 Å². The fourth-order valence-corrected chi connectivity index (χ4v) is 3.97. The highest BCUT2D eigenvalue weighted by molar-refractivity contribution is 9.10. The number of carbonyl (C=O) groups is 1. The second-order valence-corrected chi connectivity index (χ2v) is 9.66. The maximum atomic E-state index is 13.7. The van der Waals surface area contributed by atoms with Crippen molar-refractivity contribution in [2.24, 2.45) is 0 Å². The maximum absolute atomic E-state index is 13.7. The number of ether oxygens (including phenoxy) is 1. The van der Waals surface area contributed by atoms with Gasteiger partial charge in [0.1, 0.15) is 23.1 Å². The number of carbonyl (C=O) groups excluding carboxylic acids is 1. The van der Waals surface area contributed by atoms with E-state index < -0.39 is 29.4 Å². The van der Waals surface area contributed by atoms with Crippen molar-refractivity contribution >= 4 is 33.2 Å². The van der Waals surface area contributed by atoms with E-state index in [1.54, 1.807) is 20.8 Å². The van der Waals surface area contributed by atoms with Gasteiger partial charge in [0.15, 0.2) is 5.65 Å². The van der Waals surface area contributed by atoms with E-state index in [4.69, 9.17) is 4.74 Å². The predicted molar refractivity (Wildman–Crippen MR) is 116 cm³/mol. The number of aromatic amines is 1. The number of imidazole rings is 1. The van der Waals surface area contributed by atoms with Gasteiger partial charge in [0.2, 0.25) is 0 Å². The molecule has 2 heterocycles. The fourth-order valence-electron chi connectivity index (χ4n) is 3.38. The highest BCUT2D eigenvalue weighted by Gasteiger charge is 2.28. The van der Waals surface area contributed by atoms with Crippen molar-refractivity contribution in [1.82, 2.24) is 20.3 Å². The molecule has 31 heavy (non-hydrogen) atoms. The van der Waals surface area contributed by atoms with Gasteiger partial charge in [-0.2, -0.15) is 0 Å². The molecule has 1 atom stereocenters. The summed E-state index contributed by atoms with van der Waals surface area (Å²) in [5, 5.41) is 2.79. The van der Waals surface area contributed by atoms with Gasteiger partial charge in [-0.1, -0.05) is 0 Å². The highest BCUT2D eigenvalue weighted by atomic mass is 79.9. The molecule has 0 spiro atoms. The number of alkyl carbamates (subject to hydrolysis) is 1. The van der Waals surface area contributed by atoms with Crippen LogP contribution in [-0.4, -0.2) is 26.6 Å². The molecule has 6 nitrogen and oxygen atoms in total. The van der Waals surface area contributed by atoms with Gasteiger partial charge in [0, 0.05) is 16.5 Å². The van der Waals surface area contributed by atoms with Crippen LogP contribution >= 0.6 is 15.9 Å². The summed E-state index contributed by atoms with van der Waals surface area (Å²) >= 11 is 3.52. The van der Waals surface area contributed by atoms with E-state index in [0.29, 0.717) is 27.3 Å². The second kappa shape index (κ2) is 8.18. The Balaban J connectivity index is 1.69. The largest absolute Gasteiger partial charge is 0.444 e. The average Bonchev–Trinajstić information content (AvgIpc) is 3.38. The third-order valence-corrected chi connectivity index (χ3v) is 5.45. The zero-order valence-electron chi connectivity index (χ0n) is 17.4. The van der Waals surface area contributed by atoms with Crippen LogP contribution in [-0.2, 0) is 11.2 Å².